The van der Waals surface area contributed by atoms with E-state index in [0.29, 0.717) is 11.1 Å². The van der Waals surface area contributed by atoms with Crippen molar-refractivity contribution >= 4 is 15.9 Å². The maximum Gasteiger partial charge on any atom is 0.130 e. The molecular formula is C16H13BrF2. The van der Waals surface area contributed by atoms with Crippen LogP contribution in [-0.4, -0.2) is 0 Å². The molecule has 0 radical (unpaired) electrons. The number of aryl methyl sites for hydroxylation is 1. The highest BCUT2D eigenvalue weighted by atomic mass is 79.9. The number of benzene rings is 2. The van der Waals surface area contributed by atoms with E-state index in [1.165, 1.54) is 11.1 Å². The third kappa shape index (κ3) is 2.10. The van der Waals surface area contributed by atoms with Crippen molar-refractivity contribution in [3.63, 3.8) is 0 Å². The zero-order valence-corrected chi connectivity index (χ0v) is 12.0. The average Bonchev–Trinajstić information content (AvgIpc) is 2.35. The Hall–Kier alpha value is -1.22. The normalized spacial score (nSPS) is 18.6. The molecule has 0 spiro atoms. The van der Waals surface area contributed by atoms with Crippen LogP contribution in [0, 0.1) is 18.6 Å². The van der Waals surface area contributed by atoms with E-state index in [1.807, 2.05) is 12.1 Å². The van der Waals surface area contributed by atoms with Crippen LogP contribution < -0.4 is 0 Å². The van der Waals surface area contributed by atoms with Crippen LogP contribution in [-0.2, 0) is 6.42 Å². The van der Waals surface area contributed by atoms with Crippen LogP contribution in [0.3, 0.4) is 0 Å². The van der Waals surface area contributed by atoms with Gasteiger partial charge in [0, 0.05) is 22.4 Å². The molecule has 0 bridgehead atoms. The van der Waals surface area contributed by atoms with Gasteiger partial charge in [-0.1, -0.05) is 40.2 Å². The van der Waals surface area contributed by atoms with Gasteiger partial charge in [-0.3, -0.25) is 0 Å². The lowest BCUT2D eigenvalue weighted by Crippen LogP contribution is -2.21. The van der Waals surface area contributed by atoms with Crippen LogP contribution in [0.2, 0.25) is 0 Å². The zero-order chi connectivity index (χ0) is 13.6. The van der Waals surface area contributed by atoms with Crippen molar-refractivity contribution in [3.05, 3.63) is 70.3 Å². The largest absolute Gasteiger partial charge is 0.207 e. The topological polar surface area (TPSA) is 0 Å². The zero-order valence-electron chi connectivity index (χ0n) is 10.5. The Morgan fingerprint density at radius 1 is 1.16 bits per heavy atom. The van der Waals surface area contributed by atoms with E-state index in [0.717, 1.165) is 12.5 Å². The molecule has 0 nitrogen and oxygen atoms in total. The van der Waals surface area contributed by atoms with Gasteiger partial charge in [0.05, 0.1) is 0 Å². The van der Waals surface area contributed by atoms with Crippen LogP contribution in [0.1, 0.15) is 33.0 Å². The summed E-state index contributed by atoms with van der Waals surface area (Å²) >= 11 is 3.58. The third-order valence-corrected chi connectivity index (χ3v) is 4.95. The second-order valence-electron chi connectivity index (χ2n) is 5.03. The quantitative estimate of drug-likeness (QED) is 0.679. The van der Waals surface area contributed by atoms with Crippen LogP contribution in [0.5, 0.6) is 0 Å². The lowest BCUT2D eigenvalue weighted by atomic mass is 9.74. The van der Waals surface area contributed by atoms with E-state index in [2.05, 4.69) is 28.1 Å². The molecule has 0 fully saturated rings. The van der Waals surface area contributed by atoms with Crippen molar-refractivity contribution < 1.29 is 8.78 Å². The Labute approximate surface area is 119 Å². The Balaban J connectivity index is 1.94. The molecule has 1 aliphatic rings. The summed E-state index contributed by atoms with van der Waals surface area (Å²) in [6.07, 6.45) is 0.932. The molecule has 0 aliphatic heterocycles. The van der Waals surface area contributed by atoms with Crippen LogP contribution >= 0.6 is 15.9 Å². The first-order valence-corrected chi connectivity index (χ1v) is 7.17. The van der Waals surface area contributed by atoms with E-state index in [4.69, 9.17) is 0 Å². The van der Waals surface area contributed by atoms with Gasteiger partial charge in [-0.25, -0.2) is 8.78 Å². The van der Waals surface area contributed by atoms with Crippen molar-refractivity contribution in [3.8, 4) is 0 Å². The molecule has 2 atom stereocenters. The molecule has 3 rings (SSSR count). The van der Waals surface area contributed by atoms with E-state index >= 15 is 0 Å². The van der Waals surface area contributed by atoms with Gasteiger partial charge in [0.15, 0.2) is 0 Å². The number of halogens is 3. The van der Waals surface area contributed by atoms with Crippen LogP contribution in [0.15, 0.2) is 36.4 Å². The van der Waals surface area contributed by atoms with Crippen molar-refractivity contribution in [2.45, 2.75) is 24.1 Å². The number of fused-ring (bicyclic) bond motifs is 1. The molecule has 0 amide bonds. The molecule has 2 aromatic rings. The van der Waals surface area contributed by atoms with Gasteiger partial charge >= 0.3 is 0 Å². The van der Waals surface area contributed by atoms with E-state index < -0.39 is 11.6 Å². The van der Waals surface area contributed by atoms with Gasteiger partial charge in [0.25, 0.3) is 0 Å². The fourth-order valence-corrected chi connectivity index (χ4v) is 3.49. The molecule has 0 saturated carbocycles. The highest BCUT2D eigenvalue weighted by molar-refractivity contribution is 9.09. The van der Waals surface area contributed by atoms with E-state index in [1.54, 1.807) is 13.0 Å². The fraction of sp³-hybridized carbons (Fsp3) is 0.250. The lowest BCUT2D eigenvalue weighted by Gasteiger charge is -2.34. The summed E-state index contributed by atoms with van der Waals surface area (Å²) in [5, 5.41) is 0. The predicted octanol–water partition coefficient (Wildman–Crippen LogP) is 5.05. The molecule has 0 heterocycles. The minimum Gasteiger partial charge on any atom is -0.207 e. The molecule has 2 unspecified atom stereocenters. The van der Waals surface area contributed by atoms with E-state index in [-0.39, 0.29) is 10.7 Å². The maximum absolute atomic E-state index is 13.9. The summed E-state index contributed by atoms with van der Waals surface area (Å²) in [4.78, 5) is -0.110. The number of alkyl halides is 1. The summed E-state index contributed by atoms with van der Waals surface area (Å²) in [5.41, 5.74) is 3.59. The summed E-state index contributed by atoms with van der Waals surface area (Å²) in [6.45, 7) is 1.66. The first-order valence-electron chi connectivity index (χ1n) is 6.25. The summed E-state index contributed by atoms with van der Waals surface area (Å²) < 4.78 is 27.2. The minimum absolute atomic E-state index is 0.110. The standard InChI is InChI=1S/C16H13BrF2/c1-9-6-13(15(19)8-14(9)18)16(17)12-7-10-4-2-3-5-11(10)12/h2-6,8,12,16H,7H2,1H3. The third-order valence-electron chi connectivity index (χ3n) is 3.82. The molecule has 1 aliphatic carbocycles. The molecule has 0 saturated heterocycles. The SMILES string of the molecule is Cc1cc(C(Br)C2Cc3ccccc32)c(F)cc1F. The first-order chi connectivity index (χ1) is 9.08. The molecule has 19 heavy (non-hydrogen) atoms. The smallest absolute Gasteiger partial charge is 0.130 e. The number of rotatable bonds is 2. The monoisotopic (exact) mass is 322 g/mol. The van der Waals surface area contributed by atoms with Crippen LogP contribution in [0.25, 0.3) is 0 Å². The van der Waals surface area contributed by atoms with Crippen molar-refractivity contribution in [2.75, 3.05) is 0 Å². The van der Waals surface area contributed by atoms with E-state index in [9.17, 15) is 8.78 Å². The van der Waals surface area contributed by atoms with Crippen molar-refractivity contribution in [2.24, 2.45) is 0 Å². The van der Waals surface area contributed by atoms with Gasteiger partial charge in [-0.15, -0.1) is 0 Å². The Bertz CT molecular complexity index is 637. The first kappa shape index (κ1) is 12.8. The van der Waals surface area contributed by atoms with Gasteiger partial charge in [-0.2, -0.15) is 0 Å². The van der Waals surface area contributed by atoms with Gasteiger partial charge in [-0.05, 0) is 36.1 Å². The molecule has 3 heteroatoms. The van der Waals surface area contributed by atoms with Crippen molar-refractivity contribution in [1.82, 2.24) is 0 Å². The fourth-order valence-electron chi connectivity index (χ4n) is 2.67. The minimum atomic E-state index is -0.491. The summed E-state index contributed by atoms with van der Waals surface area (Å²) in [6, 6.07) is 10.8. The molecule has 0 aromatic heterocycles. The highest BCUT2D eigenvalue weighted by Crippen LogP contribution is 2.48. The second-order valence-corrected chi connectivity index (χ2v) is 6.02. The predicted molar refractivity (Wildman–Crippen MR) is 75.7 cm³/mol. The Morgan fingerprint density at radius 3 is 2.63 bits per heavy atom. The molecule has 2 aromatic carbocycles. The highest BCUT2D eigenvalue weighted by Gasteiger charge is 2.33. The van der Waals surface area contributed by atoms with Crippen LogP contribution in [0.4, 0.5) is 8.78 Å². The number of hydrogen-bond donors (Lipinski definition) is 0. The lowest BCUT2D eigenvalue weighted by molar-refractivity contribution is 0.540. The van der Waals surface area contributed by atoms with Gasteiger partial charge in [0.2, 0.25) is 0 Å². The summed E-state index contributed by atoms with van der Waals surface area (Å²) in [7, 11) is 0. The molecular weight excluding hydrogens is 310 g/mol. The maximum atomic E-state index is 13.9. The Morgan fingerprint density at radius 2 is 1.89 bits per heavy atom. The number of hydrogen-bond acceptors (Lipinski definition) is 0. The summed E-state index contributed by atoms with van der Waals surface area (Å²) in [5.74, 6) is -0.708. The Kier molecular flexibility index (Phi) is 3.17. The van der Waals surface area contributed by atoms with Crippen molar-refractivity contribution in [1.29, 1.82) is 0 Å². The average molecular weight is 323 g/mol. The molecule has 0 N–H and O–H groups in total. The van der Waals surface area contributed by atoms with Gasteiger partial charge < -0.3 is 0 Å². The molecule has 98 valence electrons. The second kappa shape index (κ2) is 4.71. The van der Waals surface area contributed by atoms with Gasteiger partial charge in [0.1, 0.15) is 11.6 Å².